The summed E-state index contributed by atoms with van der Waals surface area (Å²) in [7, 11) is 0. The fourth-order valence-corrected chi connectivity index (χ4v) is 2.77. The van der Waals surface area contributed by atoms with Crippen LogP contribution in [0.25, 0.3) is 0 Å². The lowest BCUT2D eigenvalue weighted by molar-refractivity contribution is 0.102. The average molecular weight is 302 g/mol. The topological polar surface area (TPSA) is 66.9 Å². The molecule has 1 amide bonds. The number of pyridine rings is 1. The van der Waals surface area contributed by atoms with Gasteiger partial charge >= 0.3 is 0 Å². The Kier molecular flexibility index (Phi) is 4.15. The highest BCUT2D eigenvalue weighted by atomic mass is 32.1. The second kappa shape index (κ2) is 6.22. The van der Waals surface area contributed by atoms with Gasteiger partial charge in [-0.2, -0.15) is 0 Å². The molecule has 0 radical (unpaired) electrons. The minimum Gasteiger partial charge on any atom is -0.370 e. The number of thiazole rings is 1. The maximum atomic E-state index is 12.2. The number of rotatable bonds is 6. The molecule has 110 valence electrons. The van der Waals surface area contributed by atoms with Crippen LogP contribution >= 0.6 is 11.3 Å². The number of aromatic nitrogens is 2. The van der Waals surface area contributed by atoms with Crippen molar-refractivity contribution in [3.63, 3.8) is 0 Å². The molecule has 6 heteroatoms. The smallest absolute Gasteiger partial charge is 0.276 e. The third-order valence-electron chi connectivity index (χ3n) is 3.28. The van der Waals surface area contributed by atoms with Crippen LogP contribution in [0.1, 0.15) is 48.3 Å². The zero-order valence-corrected chi connectivity index (χ0v) is 12.7. The van der Waals surface area contributed by atoms with Crippen LogP contribution in [0.5, 0.6) is 0 Å². The second-order valence-electron chi connectivity index (χ2n) is 5.14. The normalized spacial score (nSPS) is 14.0. The second-order valence-corrected chi connectivity index (χ2v) is 6.00. The van der Waals surface area contributed by atoms with Crippen molar-refractivity contribution >= 4 is 28.2 Å². The minimum atomic E-state index is -0.216. The van der Waals surface area contributed by atoms with Gasteiger partial charge in [0.15, 0.2) is 5.13 Å². The predicted octanol–water partition coefficient (Wildman–Crippen LogP) is 3.49. The highest BCUT2D eigenvalue weighted by Crippen LogP contribution is 2.40. The van der Waals surface area contributed by atoms with E-state index in [1.807, 2.05) is 17.5 Å². The van der Waals surface area contributed by atoms with Gasteiger partial charge in [-0.25, -0.2) is 9.97 Å². The fraction of sp³-hybridized carbons (Fsp3) is 0.400. The first-order valence-corrected chi connectivity index (χ1v) is 8.12. The number of hydrogen-bond donors (Lipinski definition) is 2. The van der Waals surface area contributed by atoms with E-state index in [4.69, 9.17) is 0 Å². The van der Waals surface area contributed by atoms with Crippen molar-refractivity contribution in [3.8, 4) is 0 Å². The van der Waals surface area contributed by atoms with Crippen molar-refractivity contribution in [2.24, 2.45) is 0 Å². The fourth-order valence-electron chi connectivity index (χ4n) is 1.98. The Morgan fingerprint density at radius 2 is 2.24 bits per heavy atom. The summed E-state index contributed by atoms with van der Waals surface area (Å²) in [5.41, 5.74) is 1.50. The van der Waals surface area contributed by atoms with Crippen molar-refractivity contribution < 1.29 is 4.79 Å². The first kappa shape index (κ1) is 14.0. The monoisotopic (exact) mass is 302 g/mol. The van der Waals surface area contributed by atoms with Crippen molar-refractivity contribution in [2.75, 3.05) is 17.2 Å². The van der Waals surface area contributed by atoms with Gasteiger partial charge in [0.05, 0.1) is 5.69 Å². The van der Waals surface area contributed by atoms with Crippen LogP contribution in [0.3, 0.4) is 0 Å². The minimum absolute atomic E-state index is 0.216. The molecule has 1 aliphatic carbocycles. The van der Waals surface area contributed by atoms with Gasteiger partial charge < -0.3 is 5.32 Å². The standard InChI is InChI=1S/C15H18N4OS/c1-2-8-16-13-5-3-4-11(17-13)14(20)19-15-18-12(9-21-15)10-6-7-10/h3-5,9-10H,2,6-8H2,1H3,(H,16,17)(H,18,19,20). The van der Waals surface area contributed by atoms with E-state index < -0.39 is 0 Å². The highest BCUT2D eigenvalue weighted by Gasteiger charge is 2.26. The molecule has 0 atom stereocenters. The Labute approximate surface area is 127 Å². The van der Waals surface area contributed by atoms with Crippen LogP contribution in [0.15, 0.2) is 23.6 Å². The van der Waals surface area contributed by atoms with Crippen LogP contribution < -0.4 is 10.6 Å². The molecule has 0 saturated heterocycles. The van der Waals surface area contributed by atoms with Gasteiger partial charge in [-0.15, -0.1) is 11.3 Å². The van der Waals surface area contributed by atoms with Gasteiger partial charge in [-0.3, -0.25) is 10.1 Å². The van der Waals surface area contributed by atoms with E-state index in [0.29, 0.717) is 16.7 Å². The molecular weight excluding hydrogens is 284 g/mol. The predicted molar refractivity (Wildman–Crippen MR) is 85.1 cm³/mol. The van der Waals surface area contributed by atoms with Gasteiger partial charge in [0.1, 0.15) is 11.5 Å². The number of nitrogens with zero attached hydrogens (tertiary/aromatic N) is 2. The van der Waals surface area contributed by atoms with Crippen LogP contribution in [0.4, 0.5) is 10.9 Å². The summed E-state index contributed by atoms with van der Waals surface area (Å²) in [5.74, 6) is 1.11. The molecule has 0 unspecified atom stereocenters. The number of nitrogens with one attached hydrogen (secondary N) is 2. The Bertz CT molecular complexity index is 636. The maximum absolute atomic E-state index is 12.2. The number of anilines is 2. The Morgan fingerprint density at radius 3 is 3.00 bits per heavy atom. The van der Waals surface area contributed by atoms with E-state index in [1.165, 1.54) is 24.2 Å². The van der Waals surface area contributed by atoms with Crippen molar-refractivity contribution in [3.05, 3.63) is 35.0 Å². The lowest BCUT2D eigenvalue weighted by atomic mass is 10.3. The van der Waals surface area contributed by atoms with Gasteiger partial charge in [0.2, 0.25) is 0 Å². The van der Waals surface area contributed by atoms with Gasteiger partial charge in [-0.05, 0) is 31.4 Å². The largest absolute Gasteiger partial charge is 0.370 e. The Balaban J connectivity index is 1.66. The van der Waals surface area contributed by atoms with Crippen molar-refractivity contribution in [1.82, 2.24) is 9.97 Å². The molecule has 5 nitrogen and oxygen atoms in total. The zero-order valence-electron chi connectivity index (χ0n) is 11.9. The number of hydrogen-bond acceptors (Lipinski definition) is 5. The summed E-state index contributed by atoms with van der Waals surface area (Å²) in [6, 6.07) is 5.40. The number of carbonyl (C=O) groups excluding carboxylic acids is 1. The van der Waals surface area contributed by atoms with Crippen LogP contribution in [0, 0.1) is 0 Å². The van der Waals surface area contributed by atoms with E-state index in [1.54, 1.807) is 6.07 Å². The third-order valence-corrected chi connectivity index (χ3v) is 4.05. The van der Waals surface area contributed by atoms with E-state index in [-0.39, 0.29) is 5.91 Å². The molecule has 1 saturated carbocycles. The lowest BCUT2D eigenvalue weighted by Crippen LogP contribution is -2.14. The molecule has 3 rings (SSSR count). The van der Waals surface area contributed by atoms with Crippen LogP contribution in [-0.4, -0.2) is 22.4 Å². The highest BCUT2D eigenvalue weighted by molar-refractivity contribution is 7.14. The quantitative estimate of drug-likeness (QED) is 0.857. The molecular formula is C15H18N4OS. The van der Waals surface area contributed by atoms with E-state index in [9.17, 15) is 4.79 Å². The van der Waals surface area contributed by atoms with Gasteiger partial charge in [0, 0.05) is 17.8 Å². The summed E-state index contributed by atoms with van der Waals surface area (Å²) >= 11 is 1.47. The molecule has 0 bridgehead atoms. The SMILES string of the molecule is CCCNc1cccc(C(=O)Nc2nc(C3CC3)cs2)n1. The molecule has 0 aromatic carbocycles. The molecule has 0 spiro atoms. The maximum Gasteiger partial charge on any atom is 0.276 e. The summed E-state index contributed by atoms with van der Waals surface area (Å²) < 4.78 is 0. The molecule has 2 aromatic heterocycles. The number of carbonyl (C=O) groups is 1. The molecule has 0 aliphatic heterocycles. The first-order chi connectivity index (χ1) is 10.3. The lowest BCUT2D eigenvalue weighted by Gasteiger charge is -2.06. The zero-order chi connectivity index (χ0) is 14.7. The summed E-state index contributed by atoms with van der Waals surface area (Å²) in [6.07, 6.45) is 3.44. The summed E-state index contributed by atoms with van der Waals surface area (Å²) in [4.78, 5) is 21.0. The molecule has 2 aromatic rings. The number of amides is 1. The molecule has 1 fully saturated rings. The van der Waals surface area contributed by atoms with E-state index in [0.717, 1.165) is 24.5 Å². The van der Waals surface area contributed by atoms with E-state index in [2.05, 4.69) is 27.5 Å². The third kappa shape index (κ3) is 3.58. The molecule has 2 N–H and O–H groups in total. The summed E-state index contributed by atoms with van der Waals surface area (Å²) in [5, 5.41) is 8.68. The molecule has 2 heterocycles. The van der Waals surface area contributed by atoms with Crippen molar-refractivity contribution in [1.29, 1.82) is 0 Å². The van der Waals surface area contributed by atoms with Crippen LogP contribution in [0.2, 0.25) is 0 Å². The van der Waals surface area contributed by atoms with Gasteiger partial charge in [-0.1, -0.05) is 13.0 Å². The molecule has 21 heavy (non-hydrogen) atoms. The van der Waals surface area contributed by atoms with Crippen LogP contribution in [-0.2, 0) is 0 Å². The van der Waals surface area contributed by atoms with Gasteiger partial charge in [0.25, 0.3) is 5.91 Å². The average Bonchev–Trinajstić information content (AvgIpc) is 3.26. The first-order valence-electron chi connectivity index (χ1n) is 7.24. The van der Waals surface area contributed by atoms with Crippen molar-refractivity contribution in [2.45, 2.75) is 32.1 Å². The molecule has 1 aliphatic rings. The summed E-state index contributed by atoms with van der Waals surface area (Å²) in [6.45, 7) is 2.93. The van der Waals surface area contributed by atoms with E-state index >= 15 is 0 Å². The Hall–Kier alpha value is -1.95. The Morgan fingerprint density at radius 1 is 1.38 bits per heavy atom.